The zero-order valence-electron chi connectivity index (χ0n) is 14.9. The average Bonchev–Trinajstić information content (AvgIpc) is 2.65. The number of esters is 1. The third-order valence-corrected chi connectivity index (χ3v) is 3.56. The van der Waals surface area contributed by atoms with Gasteiger partial charge < -0.3 is 9.47 Å². The Bertz CT molecular complexity index is 946. The van der Waals surface area contributed by atoms with E-state index in [0.29, 0.717) is 0 Å². The number of hydrogen-bond acceptors (Lipinski definition) is 7. The quantitative estimate of drug-likeness (QED) is 0.424. The number of nitro benzene ring substituents is 1. The first-order valence-electron chi connectivity index (χ1n) is 7.98. The molecule has 152 valence electrons. The van der Waals surface area contributed by atoms with Gasteiger partial charge in [-0.05, 0) is 43.3 Å². The number of rotatable bonds is 7. The van der Waals surface area contributed by atoms with Gasteiger partial charge in [0.2, 0.25) is 0 Å². The maximum absolute atomic E-state index is 12.1. The monoisotopic (exact) mass is 408 g/mol. The van der Waals surface area contributed by atoms with Crippen LogP contribution in [0.4, 0.5) is 14.5 Å². The third kappa shape index (κ3) is 6.06. The Morgan fingerprint density at radius 3 is 2.28 bits per heavy atom. The van der Waals surface area contributed by atoms with E-state index in [9.17, 15) is 33.3 Å². The predicted molar refractivity (Wildman–Crippen MR) is 93.7 cm³/mol. The molecule has 0 atom stereocenters. The molecule has 9 nitrogen and oxygen atoms in total. The van der Waals surface area contributed by atoms with Crippen LogP contribution in [0.2, 0.25) is 0 Å². The van der Waals surface area contributed by atoms with E-state index in [1.807, 2.05) is 5.32 Å². The second-order valence-electron chi connectivity index (χ2n) is 5.61. The standard InChI is InChI=1S/C18H14F2N2O7/c1-10-8-12(4-7-14(10)22(26)27)17(25)28-9-15(23)21-16(24)11-2-5-13(6-3-11)29-18(19)20/h2-8,18H,9H2,1H3,(H,21,23,24). The van der Waals surface area contributed by atoms with Crippen LogP contribution in [0.1, 0.15) is 26.3 Å². The van der Waals surface area contributed by atoms with Crippen LogP contribution in [0.25, 0.3) is 0 Å². The highest BCUT2D eigenvalue weighted by Crippen LogP contribution is 2.19. The molecule has 2 amide bonds. The summed E-state index contributed by atoms with van der Waals surface area (Å²) in [5.74, 6) is -2.81. The van der Waals surface area contributed by atoms with Gasteiger partial charge in [-0.25, -0.2) is 4.79 Å². The SMILES string of the molecule is Cc1cc(C(=O)OCC(=O)NC(=O)c2ccc(OC(F)F)cc2)ccc1[N+](=O)[O-]. The van der Waals surface area contributed by atoms with Gasteiger partial charge in [0.25, 0.3) is 17.5 Å². The molecule has 11 heteroatoms. The number of benzene rings is 2. The molecule has 29 heavy (non-hydrogen) atoms. The van der Waals surface area contributed by atoms with Crippen LogP contribution in [0.3, 0.4) is 0 Å². The Morgan fingerprint density at radius 2 is 1.72 bits per heavy atom. The molecule has 0 aliphatic heterocycles. The van der Waals surface area contributed by atoms with Gasteiger partial charge >= 0.3 is 12.6 Å². The number of nitrogens with zero attached hydrogens (tertiary/aromatic N) is 1. The van der Waals surface area contributed by atoms with Gasteiger partial charge in [-0.3, -0.25) is 25.0 Å². The molecule has 0 aliphatic rings. The highest BCUT2D eigenvalue weighted by atomic mass is 19.3. The maximum atomic E-state index is 12.1. The van der Waals surface area contributed by atoms with Gasteiger partial charge in [0, 0.05) is 17.2 Å². The number of hydrogen-bond donors (Lipinski definition) is 1. The van der Waals surface area contributed by atoms with E-state index >= 15 is 0 Å². The minimum absolute atomic E-state index is 0.00171. The molecule has 0 bridgehead atoms. The Labute approximate surface area is 162 Å². The number of amides is 2. The summed E-state index contributed by atoms with van der Waals surface area (Å²) in [5.41, 5.74) is 0.0670. The summed E-state index contributed by atoms with van der Waals surface area (Å²) in [6, 6.07) is 8.16. The Hall–Kier alpha value is -3.89. The van der Waals surface area contributed by atoms with Crippen LogP contribution in [-0.2, 0) is 9.53 Å². The number of carbonyl (C=O) groups is 3. The normalized spacial score (nSPS) is 10.3. The molecule has 0 saturated carbocycles. The van der Waals surface area contributed by atoms with Gasteiger partial charge in [0.15, 0.2) is 6.61 Å². The topological polar surface area (TPSA) is 125 Å². The highest BCUT2D eigenvalue weighted by Gasteiger charge is 2.17. The summed E-state index contributed by atoms with van der Waals surface area (Å²) in [5, 5.41) is 12.7. The molecule has 2 rings (SSSR count). The Balaban J connectivity index is 1.89. The first kappa shape index (κ1) is 21.4. The molecule has 0 unspecified atom stereocenters. The van der Waals surface area contributed by atoms with Crippen LogP contribution >= 0.6 is 0 Å². The van der Waals surface area contributed by atoms with Crippen molar-refractivity contribution in [1.29, 1.82) is 0 Å². The maximum Gasteiger partial charge on any atom is 0.387 e. The molecule has 0 saturated heterocycles. The number of imide groups is 1. The number of alkyl halides is 2. The van der Waals surface area contributed by atoms with Gasteiger partial charge in [-0.2, -0.15) is 8.78 Å². The highest BCUT2D eigenvalue weighted by molar-refractivity contribution is 6.05. The van der Waals surface area contributed by atoms with E-state index in [0.717, 1.165) is 18.2 Å². The number of nitro groups is 1. The first-order chi connectivity index (χ1) is 13.7. The smallest absolute Gasteiger partial charge is 0.387 e. The Kier molecular flexibility index (Phi) is 6.90. The van der Waals surface area contributed by atoms with Gasteiger partial charge in [0.05, 0.1) is 10.5 Å². The average molecular weight is 408 g/mol. The van der Waals surface area contributed by atoms with Crippen molar-refractivity contribution in [3.05, 3.63) is 69.3 Å². The fourth-order valence-corrected chi connectivity index (χ4v) is 2.22. The van der Waals surface area contributed by atoms with Crippen molar-refractivity contribution in [1.82, 2.24) is 5.32 Å². The molecule has 0 heterocycles. The van der Waals surface area contributed by atoms with E-state index < -0.39 is 35.9 Å². The summed E-state index contributed by atoms with van der Waals surface area (Å²) in [6.45, 7) is -2.34. The third-order valence-electron chi connectivity index (χ3n) is 3.56. The lowest BCUT2D eigenvalue weighted by molar-refractivity contribution is -0.385. The molecule has 2 aromatic rings. The molecule has 2 aromatic carbocycles. The van der Waals surface area contributed by atoms with E-state index in [-0.39, 0.29) is 28.1 Å². The van der Waals surface area contributed by atoms with Crippen molar-refractivity contribution < 1.29 is 37.6 Å². The predicted octanol–water partition coefficient (Wildman–Crippen LogP) is 2.62. The fourth-order valence-electron chi connectivity index (χ4n) is 2.22. The molecule has 1 N–H and O–H groups in total. The van der Waals surface area contributed by atoms with Crippen molar-refractivity contribution >= 4 is 23.5 Å². The van der Waals surface area contributed by atoms with Crippen molar-refractivity contribution in [2.75, 3.05) is 6.61 Å². The lowest BCUT2D eigenvalue weighted by Gasteiger charge is -2.08. The number of nitrogens with one attached hydrogen (secondary N) is 1. The summed E-state index contributed by atoms with van der Waals surface area (Å²) >= 11 is 0. The van der Waals surface area contributed by atoms with Crippen LogP contribution < -0.4 is 10.1 Å². The van der Waals surface area contributed by atoms with E-state index in [1.54, 1.807) is 0 Å². The van der Waals surface area contributed by atoms with Crippen LogP contribution in [0.5, 0.6) is 5.75 Å². The van der Waals surface area contributed by atoms with E-state index in [2.05, 4.69) is 4.74 Å². The summed E-state index contributed by atoms with van der Waals surface area (Å²) in [6.07, 6.45) is 0. The van der Waals surface area contributed by atoms with Crippen molar-refractivity contribution in [2.24, 2.45) is 0 Å². The van der Waals surface area contributed by atoms with Crippen LogP contribution in [-0.4, -0.2) is 35.9 Å². The van der Waals surface area contributed by atoms with Crippen molar-refractivity contribution in [2.45, 2.75) is 13.5 Å². The van der Waals surface area contributed by atoms with Gasteiger partial charge in [0.1, 0.15) is 5.75 Å². The van der Waals surface area contributed by atoms with Crippen molar-refractivity contribution in [3.63, 3.8) is 0 Å². The van der Waals surface area contributed by atoms with Crippen LogP contribution in [0.15, 0.2) is 42.5 Å². The number of halogens is 2. The molecular weight excluding hydrogens is 394 g/mol. The number of aryl methyl sites for hydroxylation is 1. The van der Waals surface area contributed by atoms with Crippen LogP contribution in [0, 0.1) is 17.0 Å². The molecule has 0 radical (unpaired) electrons. The second kappa shape index (κ2) is 9.35. The number of ether oxygens (including phenoxy) is 2. The second-order valence-corrected chi connectivity index (χ2v) is 5.61. The van der Waals surface area contributed by atoms with E-state index in [1.165, 1.54) is 31.2 Å². The molecule has 0 spiro atoms. The largest absolute Gasteiger partial charge is 0.452 e. The Morgan fingerprint density at radius 1 is 1.10 bits per heavy atom. The van der Waals surface area contributed by atoms with Gasteiger partial charge in [-0.15, -0.1) is 0 Å². The molecule has 0 fully saturated rings. The minimum Gasteiger partial charge on any atom is -0.452 e. The minimum atomic E-state index is -3.01. The first-order valence-corrected chi connectivity index (χ1v) is 7.98. The zero-order valence-corrected chi connectivity index (χ0v) is 14.9. The molecule has 0 aromatic heterocycles. The van der Waals surface area contributed by atoms with Crippen molar-refractivity contribution in [3.8, 4) is 5.75 Å². The zero-order chi connectivity index (χ0) is 21.6. The molecular formula is C18H14F2N2O7. The van der Waals surface area contributed by atoms with E-state index in [4.69, 9.17) is 4.74 Å². The number of carbonyl (C=O) groups excluding carboxylic acids is 3. The summed E-state index contributed by atoms with van der Waals surface area (Å²) in [7, 11) is 0. The lowest BCUT2D eigenvalue weighted by atomic mass is 10.1. The fraction of sp³-hybridized carbons (Fsp3) is 0.167. The lowest BCUT2D eigenvalue weighted by Crippen LogP contribution is -2.34. The van der Waals surface area contributed by atoms with Gasteiger partial charge in [-0.1, -0.05) is 0 Å². The summed E-state index contributed by atoms with van der Waals surface area (Å²) in [4.78, 5) is 45.8. The molecule has 0 aliphatic carbocycles. The summed E-state index contributed by atoms with van der Waals surface area (Å²) < 4.78 is 33.1.